The zero-order chi connectivity index (χ0) is 24.1. The highest BCUT2D eigenvalue weighted by Gasteiger charge is 2.16. The molecular formula is C27H27FN2O4. The van der Waals surface area contributed by atoms with Gasteiger partial charge in [0, 0.05) is 29.6 Å². The van der Waals surface area contributed by atoms with E-state index in [1.165, 1.54) is 12.1 Å². The van der Waals surface area contributed by atoms with Crippen molar-refractivity contribution < 1.29 is 23.4 Å². The first kappa shape index (κ1) is 23.2. The van der Waals surface area contributed by atoms with Gasteiger partial charge >= 0.3 is 0 Å². The Hall–Kier alpha value is -4.00. The number of aromatic amines is 1. The maximum atomic E-state index is 14.0. The van der Waals surface area contributed by atoms with E-state index < -0.39 is 0 Å². The number of ether oxygens (including phenoxy) is 3. The van der Waals surface area contributed by atoms with Crippen LogP contribution in [0.2, 0.25) is 0 Å². The van der Waals surface area contributed by atoms with Gasteiger partial charge in [0.05, 0.1) is 21.3 Å². The Morgan fingerprint density at radius 1 is 0.912 bits per heavy atom. The third kappa shape index (κ3) is 4.98. The van der Waals surface area contributed by atoms with Gasteiger partial charge in [0.1, 0.15) is 11.6 Å². The number of aromatic nitrogens is 1. The largest absolute Gasteiger partial charge is 0.497 e. The molecule has 2 N–H and O–H groups in total. The fourth-order valence-electron chi connectivity index (χ4n) is 4.00. The van der Waals surface area contributed by atoms with Crippen molar-refractivity contribution in [2.75, 3.05) is 21.3 Å². The molecule has 0 radical (unpaired) electrons. The molecule has 1 heterocycles. The molecule has 1 amide bonds. The Balaban J connectivity index is 1.51. The summed E-state index contributed by atoms with van der Waals surface area (Å²) in [6.45, 7) is 0.368. The fourth-order valence-corrected chi connectivity index (χ4v) is 4.00. The van der Waals surface area contributed by atoms with Crippen LogP contribution in [0.5, 0.6) is 17.2 Å². The average Bonchev–Trinajstić information content (AvgIpc) is 3.23. The lowest BCUT2D eigenvalue weighted by Crippen LogP contribution is -2.23. The van der Waals surface area contributed by atoms with Crippen LogP contribution < -0.4 is 19.5 Å². The van der Waals surface area contributed by atoms with E-state index in [0.29, 0.717) is 24.5 Å². The summed E-state index contributed by atoms with van der Waals surface area (Å²) < 4.78 is 29.8. The lowest BCUT2D eigenvalue weighted by Gasteiger charge is -2.11. The van der Waals surface area contributed by atoms with Gasteiger partial charge in [-0.3, -0.25) is 4.79 Å². The summed E-state index contributed by atoms with van der Waals surface area (Å²) >= 11 is 0. The highest BCUT2D eigenvalue weighted by Crippen LogP contribution is 2.33. The van der Waals surface area contributed by atoms with Crippen molar-refractivity contribution in [2.24, 2.45) is 0 Å². The van der Waals surface area contributed by atoms with E-state index in [0.717, 1.165) is 39.0 Å². The van der Waals surface area contributed by atoms with Gasteiger partial charge < -0.3 is 24.5 Å². The molecule has 7 heteroatoms. The van der Waals surface area contributed by atoms with Crippen LogP contribution in [0.3, 0.4) is 0 Å². The van der Waals surface area contributed by atoms with Crippen LogP contribution in [0, 0.1) is 5.82 Å². The van der Waals surface area contributed by atoms with Crippen molar-refractivity contribution in [2.45, 2.75) is 19.4 Å². The number of benzene rings is 3. The van der Waals surface area contributed by atoms with Crippen molar-refractivity contribution in [3.8, 4) is 28.5 Å². The molecule has 0 saturated heterocycles. The maximum absolute atomic E-state index is 14.0. The number of methoxy groups -OCH3 is 3. The molecule has 0 aliphatic heterocycles. The standard InChI is InChI=1S/C27H27FN2O4/c1-32-20-8-5-18(6-9-20)27-21(22-15-19(28)7-11-23(22)30-27)10-13-26(31)29-16-17-4-12-24(33-2)25(14-17)34-3/h4-9,11-12,14-15,30H,10,13,16H2,1-3H3,(H,29,31). The van der Waals surface area contributed by atoms with Crippen LogP contribution >= 0.6 is 0 Å². The van der Waals surface area contributed by atoms with Gasteiger partial charge in [-0.05, 0) is 77.7 Å². The Kier molecular flexibility index (Phi) is 7.01. The molecule has 0 aliphatic rings. The molecule has 0 unspecified atom stereocenters. The van der Waals surface area contributed by atoms with Crippen LogP contribution in [0.15, 0.2) is 60.7 Å². The quantitative estimate of drug-likeness (QED) is 0.356. The Bertz CT molecular complexity index is 1300. The number of hydrogen-bond acceptors (Lipinski definition) is 4. The fraction of sp³-hybridized carbons (Fsp3) is 0.222. The first-order chi connectivity index (χ1) is 16.5. The molecule has 0 bridgehead atoms. The van der Waals surface area contributed by atoms with Gasteiger partial charge in [-0.1, -0.05) is 6.07 Å². The summed E-state index contributed by atoms with van der Waals surface area (Å²) in [7, 11) is 4.77. The number of nitrogens with one attached hydrogen (secondary N) is 2. The summed E-state index contributed by atoms with van der Waals surface area (Å²) in [5.74, 6) is 1.59. The van der Waals surface area contributed by atoms with Gasteiger partial charge in [-0.15, -0.1) is 0 Å². The Morgan fingerprint density at radius 3 is 2.38 bits per heavy atom. The molecule has 0 spiro atoms. The average molecular weight is 463 g/mol. The van der Waals surface area contributed by atoms with Crippen molar-refractivity contribution in [1.29, 1.82) is 0 Å². The van der Waals surface area contributed by atoms with E-state index in [1.807, 2.05) is 42.5 Å². The molecule has 34 heavy (non-hydrogen) atoms. The smallest absolute Gasteiger partial charge is 0.220 e. The zero-order valence-electron chi connectivity index (χ0n) is 19.4. The third-order valence-corrected chi connectivity index (χ3v) is 5.79. The summed E-state index contributed by atoms with van der Waals surface area (Å²) in [4.78, 5) is 16.0. The van der Waals surface area contributed by atoms with E-state index in [1.54, 1.807) is 27.4 Å². The van der Waals surface area contributed by atoms with Crippen molar-refractivity contribution >= 4 is 16.8 Å². The van der Waals surface area contributed by atoms with Crippen molar-refractivity contribution in [1.82, 2.24) is 10.3 Å². The molecule has 0 aliphatic carbocycles. The minimum Gasteiger partial charge on any atom is -0.497 e. The summed E-state index contributed by atoms with van der Waals surface area (Å²) in [6.07, 6.45) is 0.725. The number of amides is 1. The number of hydrogen-bond donors (Lipinski definition) is 2. The lowest BCUT2D eigenvalue weighted by atomic mass is 10.0. The second-order valence-electron chi connectivity index (χ2n) is 7.86. The van der Waals surface area contributed by atoms with Crippen LogP contribution in [0.1, 0.15) is 17.5 Å². The summed E-state index contributed by atoms with van der Waals surface area (Å²) in [6, 6.07) is 17.8. The highest BCUT2D eigenvalue weighted by molar-refractivity contribution is 5.91. The number of fused-ring (bicyclic) bond motifs is 1. The molecule has 6 nitrogen and oxygen atoms in total. The molecule has 4 rings (SSSR count). The number of rotatable bonds is 9. The van der Waals surface area contributed by atoms with Gasteiger partial charge in [0.25, 0.3) is 0 Å². The topological polar surface area (TPSA) is 72.6 Å². The second kappa shape index (κ2) is 10.3. The van der Waals surface area contributed by atoms with Crippen LogP contribution in [-0.4, -0.2) is 32.2 Å². The molecular weight excluding hydrogens is 435 g/mol. The zero-order valence-corrected chi connectivity index (χ0v) is 19.4. The van der Waals surface area contributed by atoms with Gasteiger partial charge in [-0.2, -0.15) is 0 Å². The number of carbonyl (C=O) groups excluding carboxylic acids is 1. The molecule has 0 atom stereocenters. The van der Waals surface area contributed by atoms with Crippen LogP contribution in [-0.2, 0) is 17.8 Å². The van der Waals surface area contributed by atoms with E-state index in [-0.39, 0.29) is 18.1 Å². The molecule has 176 valence electrons. The van der Waals surface area contributed by atoms with Gasteiger partial charge in [-0.25, -0.2) is 4.39 Å². The summed E-state index contributed by atoms with van der Waals surface area (Å²) in [5, 5.41) is 3.72. The summed E-state index contributed by atoms with van der Waals surface area (Å²) in [5.41, 5.74) is 4.45. The lowest BCUT2D eigenvalue weighted by molar-refractivity contribution is -0.121. The van der Waals surface area contributed by atoms with E-state index in [9.17, 15) is 9.18 Å². The minimum atomic E-state index is -0.313. The predicted octanol–water partition coefficient (Wildman–Crippen LogP) is 5.25. The van der Waals surface area contributed by atoms with Crippen molar-refractivity contribution in [3.63, 3.8) is 0 Å². The highest BCUT2D eigenvalue weighted by atomic mass is 19.1. The van der Waals surface area contributed by atoms with Crippen molar-refractivity contribution in [3.05, 3.63) is 77.6 Å². The molecule has 1 aromatic heterocycles. The van der Waals surface area contributed by atoms with E-state index in [4.69, 9.17) is 14.2 Å². The molecule has 0 saturated carbocycles. The van der Waals surface area contributed by atoms with E-state index in [2.05, 4.69) is 10.3 Å². The van der Waals surface area contributed by atoms with Crippen LogP contribution in [0.4, 0.5) is 4.39 Å². The molecule has 0 fully saturated rings. The molecule has 4 aromatic rings. The monoisotopic (exact) mass is 462 g/mol. The SMILES string of the molecule is COc1ccc(-c2[nH]c3ccc(F)cc3c2CCC(=O)NCc2ccc(OC)c(OC)c2)cc1. The minimum absolute atomic E-state index is 0.0961. The van der Waals surface area contributed by atoms with Crippen LogP contribution in [0.25, 0.3) is 22.2 Å². The first-order valence-corrected chi connectivity index (χ1v) is 10.9. The Labute approximate surface area is 197 Å². The number of aryl methyl sites for hydroxylation is 1. The Morgan fingerprint density at radius 2 is 1.68 bits per heavy atom. The maximum Gasteiger partial charge on any atom is 0.220 e. The van der Waals surface area contributed by atoms with Gasteiger partial charge in [0.15, 0.2) is 11.5 Å². The van der Waals surface area contributed by atoms with E-state index >= 15 is 0 Å². The predicted molar refractivity (Wildman–Crippen MR) is 130 cm³/mol. The van der Waals surface area contributed by atoms with Gasteiger partial charge in [0.2, 0.25) is 5.91 Å². The number of H-pyrrole nitrogens is 1. The third-order valence-electron chi connectivity index (χ3n) is 5.79. The second-order valence-corrected chi connectivity index (χ2v) is 7.86. The first-order valence-electron chi connectivity index (χ1n) is 10.9. The number of carbonyl (C=O) groups is 1. The number of halogens is 1. The molecule has 3 aromatic carbocycles. The normalized spacial score (nSPS) is 10.8.